The van der Waals surface area contributed by atoms with Crippen molar-refractivity contribution in [3.8, 4) is 0 Å². The minimum Gasteiger partial charge on any atom is -0.383 e. The number of ether oxygens (including phenoxy) is 1. The van der Waals surface area contributed by atoms with E-state index < -0.39 is 0 Å². The average Bonchev–Trinajstić information content (AvgIpc) is 2.17. The molecule has 0 saturated carbocycles. The lowest BCUT2D eigenvalue weighted by Crippen LogP contribution is -2.35. The van der Waals surface area contributed by atoms with E-state index in [1.165, 1.54) is 0 Å². The molecule has 1 rings (SSSR count). The molecule has 0 bridgehead atoms. The molecule has 1 amide bonds. The van der Waals surface area contributed by atoms with E-state index in [0.717, 1.165) is 5.56 Å². The van der Waals surface area contributed by atoms with Crippen LogP contribution in [-0.2, 0) is 4.74 Å². The first-order valence-corrected chi connectivity index (χ1v) is 5.48. The van der Waals surface area contributed by atoms with Crippen LogP contribution in [-0.4, -0.2) is 25.7 Å². The third kappa shape index (κ3) is 3.51. The molecule has 0 saturated heterocycles. The highest BCUT2D eigenvalue weighted by atomic mass is 35.5. The fourth-order valence-corrected chi connectivity index (χ4v) is 1.72. The summed E-state index contributed by atoms with van der Waals surface area (Å²) in [5.74, 6) is -0.172. The van der Waals surface area contributed by atoms with E-state index in [9.17, 15) is 4.79 Å². The van der Waals surface area contributed by atoms with Crippen LogP contribution in [0.25, 0.3) is 0 Å². The van der Waals surface area contributed by atoms with Gasteiger partial charge in [-0.15, -0.1) is 0 Å². The van der Waals surface area contributed by atoms with Crippen LogP contribution >= 0.6 is 11.6 Å². The second-order valence-corrected chi connectivity index (χ2v) is 4.22. The molecule has 0 aliphatic heterocycles. The Kier molecular flexibility index (Phi) is 4.77. The summed E-state index contributed by atoms with van der Waals surface area (Å²) >= 11 is 5.99. The molecule has 0 fully saturated rings. The highest BCUT2D eigenvalue weighted by Crippen LogP contribution is 2.17. The third-order valence-corrected chi connectivity index (χ3v) is 2.48. The first kappa shape index (κ1) is 13.0. The van der Waals surface area contributed by atoms with Gasteiger partial charge < -0.3 is 10.1 Å². The topological polar surface area (TPSA) is 38.3 Å². The van der Waals surface area contributed by atoms with Gasteiger partial charge in [-0.05, 0) is 31.5 Å². The Labute approximate surface area is 101 Å². The van der Waals surface area contributed by atoms with Gasteiger partial charge in [0.25, 0.3) is 5.91 Å². The van der Waals surface area contributed by atoms with Gasteiger partial charge in [0, 0.05) is 13.2 Å². The fraction of sp³-hybridized carbons (Fsp3) is 0.417. The molecule has 0 aliphatic rings. The molecule has 0 aromatic heterocycles. The summed E-state index contributed by atoms with van der Waals surface area (Å²) in [6, 6.07) is 5.33. The zero-order valence-electron chi connectivity index (χ0n) is 9.71. The quantitative estimate of drug-likeness (QED) is 0.879. The van der Waals surface area contributed by atoms with Crippen LogP contribution < -0.4 is 5.32 Å². The van der Waals surface area contributed by atoms with Crippen molar-refractivity contribution in [3.05, 3.63) is 34.3 Å². The van der Waals surface area contributed by atoms with Gasteiger partial charge >= 0.3 is 0 Å². The third-order valence-electron chi connectivity index (χ3n) is 2.16. The standard InChI is InChI=1S/C12H16ClNO2/c1-8-4-5-10(11(13)6-8)12(15)14-9(2)7-16-3/h4-6,9H,7H2,1-3H3,(H,14,15)/t9-/m1/s1. The first-order valence-electron chi connectivity index (χ1n) is 5.10. The monoisotopic (exact) mass is 241 g/mol. The van der Waals surface area contributed by atoms with Gasteiger partial charge in [0.1, 0.15) is 0 Å². The summed E-state index contributed by atoms with van der Waals surface area (Å²) in [7, 11) is 1.60. The zero-order chi connectivity index (χ0) is 12.1. The largest absolute Gasteiger partial charge is 0.383 e. The van der Waals surface area contributed by atoms with Crippen LogP contribution in [0.2, 0.25) is 5.02 Å². The van der Waals surface area contributed by atoms with Crippen LogP contribution in [0.1, 0.15) is 22.8 Å². The summed E-state index contributed by atoms with van der Waals surface area (Å²) in [6.07, 6.45) is 0. The summed E-state index contributed by atoms with van der Waals surface area (Å²) in [6.45, 7) is 4.29. The van der Waals surface area contributed by atoms with E-state index in [1.807, 2.05) is 19.9 Å². The summed E-state index contributed by atoms with van der Waals surface area (Å²) in [5, 5.41) is 3.28. The van der Waals surface area contributed by atoms with Crippen LogP contribution in [0.3, 0.4) is 0 Å². The Morgan fingerprint density at radius 3 is 2.81 bits per heavy atom. The number of hydrogen-bond donors (Lipinski definition) is 1. The highest BCUT2D eigenvalue weighted by Gasteiger charge is 2.12. The van der Waals surface area contributed by atoms with Crippen molar-refractivity contribution in [1.29, 1.82) is 0 Å². The average molecular weight is 242 g/mol. The second-order valence-electron chi connectivity index (χ2n) is 3.81. The van der Waals surface area contributed by atoms with Crippen molar-refractivity contribution in [2.45, 2.75) is 19.9 Å². The van der Waals surface area contributed by atoms with Crippen LogP contribution in [0.4, 0.5) is 0 Å². The Hall–Kier alpha value is -1.06. The van der Waals surface area contributed by atoms with Gasteiger partial charge in [-0.1, -0.05) is 17.7 Å². The van der Waals surface area contributed by atoms with E-state index in [-0.39, 0.29) is 11.9 Å². The van der Waals surface area contributed by atoms with Crippen molar-refractivity contribution in [2.75, 3.05) is 13.7 Å². The summed E-state index contributed by atoms with van der Waals surface area (Å²) in [5.41, 5.74) is 1.53. The highest BCUT2D eigenvalue weighted by molar-refractivity contribution is 6.33. The minimum absolute atomic E-state index is 0.0325. The normalized spacial score (nSPS) is 12.2. The molecule has 0 spiro atoms. The van der Waals surface area contributed by atoms with Crippen molar-refractivity contribution < 1.29 is 9.53 Å². The minimum atomic E-state index is -0.172. The maximum Gasteiger partial charge on any atom is 0.253 e. The van der Waals surface area contributed by atoms with Crippen molar-refractivity contribution in [3.63, 3.8) is 0 Å². The molecular formula is C12H16ClNO2. The number of hydrogen-bond acceptors (Lipinski definition) is 2. The van der Waals surface area contributed by atoms with Crippen LogP contribution in [0, 0.1) is 6.92 Å². The lowest BCUT2D eigenvalue weighted by atomic mass is 10.1. The maximum absolute atomic E-state index is 11.8. The molecule has 4 heteroatoms. The zero-order valence-corrected chi connectivity index (χ0v) is 10.5. The smallest absolute Gasteiger partial charge is 0.253 e. The van der Waals surface area contributed by atoms with E-state index in [4.69, 9.17) is 16.3 Å². The number of nitrogens with one attached hydrogen (secondary N) is 1. The molecule has 1 aromatic rings. The van der Waals surface area contributed by atoms with Crippen LogP contribution in [0.15, 0.2) is 18.2 Å². The SMILES string of the molecule is COC[C@@H](C)NC(=O)c1ccc(C)cc1Cl. The molecule has 0 radical (unpaired) electrons. The fourth-order valence-electron chi connectivity index (χ4n) is 1.40. The predicted octanol–water partition coefficient (Wildman–Crippen LogP) is 2.41. The molecule has 0 aliphatic carbocycles. The van der Waals surface area contributed by atoms with Gasteiger partial charge in [-0.2, -0.15) is 0 Å². The van der Waals surface area contributed by atoms with Gasteiger partial charge in [0.15, 0.2) is 0 Å². The van der Waals surface area contributed by atoms with Crippen LogP contribution in [0.5, 0.6) is 0 Å². The maximum atomic E-state index is 11.8. The van der Waals surface area contributed by atoms with E-state index in [1.54, 1.807) is 19.2 Å². The molecule has 16 heavy (non-hydrogen) atoms. The molecule has 0 heterocycles. The number of methoxy groups -OCH3 is 1. The van der Waals surface area contributed by atoms with Crippen molar-refractivity contribution >= 4 is 17.5 Å². The van der Waals surface area contributed by atoms with E-state index in [2.05, 4.69) is 5.32 Å². The van der Waals surface area contributed by atoms with E-state index >= 15 is 0 Å². The summed E-state index contributed by atoms with van der Waals surface area (Å²) < 4.78 is 4.94. The Morgan fingerprint density at radius 2 is 2.25 bits per heavy atom. The first-order chi connectivity index (χ1) is 7.54. The molecule has 1 N–H and O–H groups in total. The number of halogens is 1. The van der Waals surface area contributed by atoms with Gasteiger partial charge in [0.2, 0.25) is 0 Å². The number of carbonyl (C=O) groups excluding carboxylic acids is 1. The lowest BCUT2D eigenvalue weighted by Gasteiger charge is -2.13. The van der Waals surface area contributed by atoms with Crippen molar-refractivity contribution in [1.82, 2.24) is 5.32 Å². The Bertz CT molecular complexity index is 379. The molecule has 1 aromatic carbocycles. The van der Waals surface area contributed by atoms with Gasteiger partial charge in [-0.25, -0.2) is 0 Å². The molecule has 3 nitrogen and oxygen atoms in total. The molecule has 1 atom stereocenters. The molecule has 88 valence electrons. The molecular weight excluding hydrogens is 226 g/mol. The number of rotatable bonds is 4. The molecule has 0 unspecified atom stereocenters. The number of aryl methyl sites for hydroxylation is 1. The Morgan fingerprint density at radius 1 is 1.56 bits per heavy atom. The van der Waals surface area contributed by atoms with E-state index in [0.29, 0.717) is 17.2 Å². The number of carbonyl (C=O) groups is 1. The Balaban J connectivity index is 2.73. The van der Waals surface area contributed by atoms with Crippen molar-refractivity contribution in [2.24, 2.45) is 0 Å². The van der Waals surface area contributed by atoms with Gasteiger partial charge in [0.05, 0.1) is 17.2 Å². The number of amides is 1. The second kappa shape index (κ2) is 5.87. The lowest BCUT2D eigenvalue weighted by molar-refractivity contribution is 0.0905. The van der Waals surface area contributed by atoms with Gasteiger partial charge in [-0.3, -0.25) is 4.79 Å². The number of benzene rings is 1. The predicted molar refractivity (Wildman–Crippen MR) is 65.0 cm³/mol. The summed E-state index contributed by atoms with van der Waals surface area (Å²) in [4.78, 5) is 11.8.